The van der Waals surface area contributed by atoms with Crippen molar-refractivity contribution < 1.29 is 9.90 Å². The standard InChI is InChI=1S/C22H21N5O2S2/c1-2-11-27-20(15-8-3-5-9-17(15)28)25-26-22(27)30-13-19(29)24-21-16(12-23)14-7-4-6-10-18(14)31-21/h2-3,5,8-9,28H,1,4,6-7,10-11,13H2,(H,24,29). The van der Waals surface area contributed by atoms with Gasteiger partial charge in [0.15, 0.2) is 11.0 Å². The molecule has 4 rings (SSSR count). The molecule has 1 aliphatic carbocycles. The summed E-state index contributed by atoms with van der Waals surface area (Å²) in [6, 6.07) is 9.18. The Hall–Kier alpha value is -3.09. The van der Waals surface area contributed by atoms with Crippen LogP contribution in [0, 0.1) is 11.3 Å². The van der Waals surface area contributed by atoms with Crippen LogP contribution < -0.4 is 5.32 Å². The third-order valence-corrected chi connectivity index (χ3v) is 7.22. The van der Waals surface area contributed by atoms with Gasteiger partial charge in [-0.05, 0) is 43.4 Å². The quantitative estimate of drug-likeness (QED) is 0.408. The van der Waals surface area contributed by atoms with Crippen LogP contribution in [0.4, 0.5) is 5.00 Å². The normalized spacial score (nSPS) is 12.7. The topological polar surface area (TPSA) is 104 Å². The number of aromatic hydroxyl groups is 1. The van der Waals surface area contributed by atoms with Gasteiger partial charge in [0, 0.05) is 11.4 Å². The zero-order valence-electron chi connectivity index (χ0n) is 16.8. The average molecular weight is 452 g/mol. The Labute approximate surface area is 188 Å². The molecule has 31 heavy (non-hydrogen) atoms. The fraction of sp³-hybridized carbons (Fsp3) is 0.273. The third kappa shape index (κ3) is 4.36. The molecule has 0 saturated carbocycles. The van der Waals surface area contributed by atoms with Crippen molar-refractivity contribution in [2.75, 3.05) is 11.1 Å². The second-order valence-electron chi connectivity index (χ2n) is 7.09. The number of carbonyl (C=O) groups is 1. The summed E-state index contributed by atoms with van der Waals surface area (Å²) in [5.41, 5.74) is 2.27. The number of aromatic nitrogens is 3. The van der Waals surface area contributed by atoms with Gasteiger partial charge in [0.2, 0.25) is 5.91 Å². The van der Waals surface area contributed by atoms with Gasteiger partial charge in [-0.25, -0.2) is 0 Å². The summed E-state index contributed by atoms with van der Waals surface area (Å²) in [6.07, 6.45) is 5.80. The van der Waals surface area contributed by atoms with E-state index < -0.39 is 0 Å². The Morgan fingerprint density at radius 2 is 2.16 bits per heavy atom. The van der Waals surface area contributed by atoms with E-state index in [0.29, 0.717) is 33.7 Å². The van der Waals surface area contributed by atoms with Gasteiger partial charge in [-0.2, -0.15) is 5.26 Å². The first-order chi connectivity index (χ1) is 15.1. The molecule has 0 radical (unpaired) electrons. The number of hydrogen-bond donors (Lipinski definition) is 2. The lowest BCUT2D eigenvalue weighted by Gasteiger charge is -2.09. The molecule has 0 atom stereocenters. The zero-order chi connectivity index (χ0) is 21.8. The van der Waals surface area contributed by atoms with Crippen LogP contribution in [0.15, 0.2) is 42.1 Å². The van der Waals surface area contributed by atoms with Crippen molar-refractivity contribution in [3.63, 3.8) is 0 Å². The van der Waals surface area contributed by atoms with Gasteiger partial charge in [0.05, 0.1) is 16.9 Å². The molecule has 0 aliphatic heterocycles. The number of phenols is 1. The van der Waals surface area contributed by atoms with Gasteiger partial charge in [-0.3, -0.25) is 9.36 Å². The summed E-state index contributed by atoms with van der Waals surface area (Å²) < 4.78 is 1.81. The number of rotatable bonds is 7. The number of amides is 1. The molecule has 0 bridgehead atoms. The number of hydrogen-bond acceptors (Lipinski definition) is 7. The lowest BCUT2D eigenvalue weighted by molar-refractivity contribution is -0.113. The molecule has 158 valence electrons. The summed E-state index contributed by atoms with van der Waals surface area (Å²) in [5, 5.41) is 32.2. The molecule has 0 unspecified atom stereocenters. The second kappa shape index (κ2) is 9.37. The largest absolute Gasteiger partial charge is 0.507 e. The highest BCUT2D eigenvalue weighted by Gasteiger charge is 2.22. The number of nitrogens with zero attached hydrogens (tertiary/aromatic N) is 4. The number of aryl methyl sites for hydroxylation is 1. The minimum atomic E-state index is -0.197. The molecule has 9 heteroatoms. The lowest BCUT2D eigenvalue weighted by Crippen LogP contribution is -2.14. The number of thioether (sulfide) groups is 1. The molecule has 0 saturated heterocycles. The van der Waals surface area contributed by atoms with Crippen LogP contribution in [-0.2, 0) is 24.2 Å². The molecule has 2 heterocycles. The van der Waals surface area contributed by atoms with Crippen molar-refractivity contribution in [1.82, 2.24) is 14.8 Å². The zero-order valence-corrected chi connectivity index (χ0v) is 18.4. The number of benzene rings is 1. The Morgan fingerprint density at radius 1 is 1.35 bits per heavy atom. The molecule has 1 aliphatic rings. The Morgan fingerprint density at radius 3 is 2.94 bits per heavy atom. The van der Waals surface area contributed by atoms with E-state index in [-0.39, 0.29) is 17.4 Å². The van der Waals surface area contributed by atoms with Crippen molar-refractivity contribution in [1.29, 1.82) is 5.26 Å². The number of carbonyl (C=O) groups excluding carboxylic acids is 1. The number of nitrogens with one attached hydrogen (secondary N) is 1. The van der Waals surface area contributed by atoms with Gasteiger partial charge >= 0.3 is 0 Å². The Kier molecular flexibility index (Phi) is 6.39. The summed E-state index contributed by atoms with van der Waals surface area (Å²) in [5.74, 6) is 0.555. The van der Waals surface area contributed by atoms with Crippen molar-refractivity contribution in [3.05, 3.63) is 52.9 Å². The fourth-order valence-corrected chi connectivity index (χ4v) is 5.62. The summed E-state index contributed by atoms with van der Waals surface area (Å²) in [6.45, 7) is 4.22. The highest BCUT2D eigenvalue weighted by Crippen LogP contribution is 2.38. The first kappa shape index (κ1) is 21.2. The summed E-state index contributed by atoms with van der Waals surface area (Å²) >= 11 is 2.77. The van der Waals surface area contributed by atoms with Gasteiger partial charge in [0.25, 0.3) is 0 Å². The fourth-order valence-electron chi connectivity index (χ4n) is 3.62. The van der Waals surface area contributed by atoms with E-state index in [0.717, 1.165) is 31.2 Å². The lowest BCUT2D eigenvalue weighted by atomic mass is 9.96. The predicted octanol–water partition coefficient (Wildman–Crippen LogP) is 4.38. The van der Waals surface area contributed by atoms with E-state index in [2.05, 4.69) is 28.2 Å². The monoisotopic (exact) mass is 451 g/mol. The number of anilines is 1. The molecule has 0 spiro atoms. The van der Waals surface area contributed by atoms with E-state index >= 15 is 0 Å². The van der Waals surface area contributed by atoms with Crippen LogP contribution >= 0.6 is 23.1 Å². The molecule has 3 aromatic rings. The molecule has 2 N–H and O–H groups in total. The maximum Gasteiger partial charge on any atom is 0.235 e. The number of thiophene rings is 1. The van der Waals surface area contributed by atoms with Gasteiger partial charge in [0.1, 0.15) is 16.8 Å². The molecular weight excluding hydrogens is 430 g/mol. The van der Waals surface area contributed by atoms with Crippen LogP contribution in [0.25, 0.3) is 11.4 Å². The van der Waals surface area contributed by atoms with E-state index in [1.165, 1.54) is 28.0 Å². The number of nitriles is 1. The SMILES string of the molecule is C=CCn1c(SCC(=O)Nc2sc3c(c2C#N)CCCC3)nnc1-c1ccccc1O. The number of allylic oxidation sites excluding steroid dienone is 1. The summed E-state index contributed by atoms with van der Waals surface area (Å²) in [7, 11) is 0. The van der Waals surface area contributed by atoms with Crippen LogP contribution in [0.1, 0.15) is 28.8 Å². The second-order valence-corrected chi connectivity index (χ2v) is 9.13. The average Bonchev–Trinajstić information content (AvgIpc) is 3.33. The van der Waals surface area contributed by atoms with Crippen molar-refractivity contribution in [3.8, 4) is 23.2 Å². The van der Waals surface area contributed by atoms with Gasteiger partial charge < -0.3 is 10.4 Å². The molecule has 2 aromatic heterocycles. The molecular formula is C22H21N5O2S2. The number of fused-ring (bicyclic) bond motifs is 1. The van der Waals surface area contributed by atoms with Crippen LogP contribution in [0.3, 0.4) is 0 Å². The minimum absolute atomic E-state index is 0.111. The number of para-hydroxylation sites is 1. The minimum Gasteiger partial charge on any atom is -0.507 e. The molecule has 7 nitrogen and oxygen atoms in total. The highest BCUT2D eigenvalue weighted by atomic mass is 32.2. The first-order valence-electron chi connectivity index (χ1n) is 9.92. The Balaban J connectivity index is 1.49. The van der Waals surface area contributed by atoms with E-state index in [1.54, 1.807) is 24.3 Å². The smallest absolute Gasteiger partial charge is 0.235 e. The van der Waals surface area contributed by atoms with Crippen molar-refractivity contribution >= 4 is 34.0 Å². The number of phenolic OH excluding ortho intramolecular Hbond substituents is 1. The predicted molar refractivity (Wildman–Crippen MR) is 122 cm³/mol. The Bertz CT molecular complexity index is 1180. The molecule has 1 amide bonds. The van der Waals surface area contributed by atoms with E-state index in [9.17, 15) is 15.2 Å². The van der Waals surface area contributed by atoms with Crippen molar-refractivity contribution in [2.24, 2.45) is 0 Å². The van der Waals surface area contributed by atoms with Crippen LogP contribution in [-0.4, -0.2) is 31.5 Å². The molecule has 0 fully saturated rings. The van der Waals surface area contributed by atoms with Gasteiger partial charge in [-0.15, -0.1) is 28.1 Å². The highest BCUT2D eigenvalue weighted by molar-refractivity contribution is 7.99. The maximum atomic E-state index is 12.6. The first-order valence-corrected chi connectivity index (χ1v) is 11.7. The molecule has 1 aromatic carbocycles. The van der Waals surface area contributed by atoms with E-state index in [1.807, 2.05) is 10.6 Å². The van der Waals surface area contributed by atoms with Crippen molar-refractivity contribution in [2.45, 2.75) is 37.4 Å². The van der Waals surface area contributed by atoms with Gasteiger partial charge in [-0.1, -0.05) is 30.0 Å². The van der Waals surface area contributed by atoms with Crippen LogP contribution in [0.5, 0.6) is 5.75 Å². The summed E-state index contributed by atoms with van der Waals surface area (Å²) in [4.78, 5) is 13.8. The maximum absolute atomic E-state index is 12.6. The van der Waals surface area contributed by atoms with Crippen LogP contribution in [0.2, 0.25) is 0 Å². The van der Waals surface area contributed by atoms with E-state index in [4.69, 9.17) is 0 Å². The third-order valence-electron chi connectivity index (χ3n) is 5.04.